The number of rotatable bonds is 2. The summed E-state index contributed by atoms with van der Waals surface area (Å²) in [5.74, 6) is 1.39. The molecule has 0 radical (unpaired) electrons. The van der Waals surface area contributed by atoms with Crippen LogP contribution in [0.15, 0.2) is 12.1 Å². The molecule has 0 spiro atoms. The Hall–Kier alpha value is -1.15. The number of carbonyl (C=O) groups is 1. The quantitative estimate of drug-likeness (QED) is 0.882. The number of nitrogens with one attached hydrogen (secondary N) is 1. The summed E-state index contributed by atoms with van der Waals surface area (Å²) >= 11 is 0. The number of hydrogen-bond donors (Lipinski definition) is 1. The first-order valence-electron chi connectivity index (χ1n) is 7.50. The zero-order valence-electron chi connectivity index (χ0n) is 12.0. The summed E-state index contributed by atoms with van der Waals surface area (Å²) in [4.78, 5) is 12.5. The van der Waals surface area contributed by atoms with E-state index in [9.17, 15) is 4.79 Å². The maximum atomic E-state index is 12.5. The van der Waals surface area contributed by atoms with Gasteiger partial charge in [-0.15, -0.1) is 0 Å². The topological polar surface area (TPSA) is 29.1 Å². The Morgan fingerprint density at radius 2 is 1.84 bits per heavy atom. The highest BCUT2D eigenvalue weighted by atomic mass is 16.1. The zero-order valence-corrected chi connectivity index (χ0v) is 12.0. The van der Waals surface area contributed by atoms with Crippen LogP contribution in [-0.4, -0.2) is 18.9 Å². The van der Waals surface area contributed by atoms with E-state index >= 15 is 0 Å². The molecule has 0 aromatic heterocycles. The van der Waals surface area contributed by atoms with E-state index in [-0.39, 0.29) is 5.92 Å². The lowest BCUT2D eigenvalue weighted by atomic mass is 9.86. The Morgan fingerprint density at radius 3 is 2.58 bits per heavy atom. The van der Waals surface area contributed by atoms with Gasteiger partial charge in [0.15, 0.2) is 5.78 Å². The van der Waals surface area contributed by atoms with Crippen molar-refractivity contribution in [2.75, 3.05) is 13.1 Å². The number of carbonyl (C=O) groups excluding carboxylic acids is 1. The first-order valence-corrected chi connectivity index (χ1v) is 7.50. The summed E-state index contributed by atoms with van der Waals surface area (Å²) in [6.07, 6.45) is 4.53. The molecule has 3 rings (SSSR count). The lowest BCUT2D eigenvalue weighted by Gasteiger charge is -2.24. The molecule has 0 bridgehead atoms. The van der Waals surface area contributed by atoms with Crippen molar-refractivity contribution in [1.29, 1.82) is 0 Å². The minimum Gasteiger partial charge on any atom is -0.317 e. The molecule has 1 aromatic carbocycles. The average molecular weight is 257 g/mol. The average Bonchev–Trinajstić information content (AvgIpc) is 2.69. The summed E-state index contributed by atoms with van der Waals surface area (Å²) in [5, 5.41) is 3.40. The van der Waals surface area contributed by atoms with Crippen molar-refractivity contribution in [1.82, 2.24) is 5.32 Å². The fourth-order valence-electron chi connectivity index (χ4n) is 3.56. The SMILES string of the molecule is Cc1cc2c(cc1C)C(=O)C(CC1CCNCC1)C2. The van der Waals surface area contributed by atoms with Crippen LogP contribution in [0, 0.1) is 25.7 Å². The van der Waals surface area contributed by atoms with Crippen LogP contribution in [0.3, 0.4) is 0 Å². The van der Waals surface area contributed by atoms with Gasteiger partial charge in [0.1, 0.15) is 0 Å². The molecule has 0 amide bonds. The first kappa shape index (κ1) is 12.9. The van der Waals surface area contributed by atoms with Gasteiger partial charge < -0.3 is 5.32 Å². The summed E-state index contributed by atoms with van der Waals surface area (Å²) < 4.78 is 0. The molecule has 1 unspecified atom stereocenters. The van der Waals surface area contributed by atoms with E-state index in [1.54, 1.807) is 0 Å². The highest BCUT2D eigenvalue weighted by Crippen LogP contribution is 2.34. The lowest BCUT2D eigenvalue weighted by Crippen LogP contribution is -2.29. The van der Waals surface area contributed by atoms with E-state index in [4.69, 9.17) is 0 Å². The molecular weight excluding hydrogens is 234 g/mol. The van der Waals surface area contributed by atoms with Crippen molar-refractivity contribution in [3.63, 3.8) is 0 Å². The van der Waals surface area contributed by atoms with Crippen LogP contribution < -0.4 is 5.32 Å². The van der Waals surface area contributed by atoms with Crippen molar-refractivity contribution in [2.45, 2.75) is 39.5 Å². The summed E-state index contributed by atoms with van der Waals surface area (Å²) in [6.45, 7) is 6.48. The van der Waals surface area contributed by atoms with E-state index in [1.165, 1.54) is 29.5 Å². The Balaban J connectivity index is 1.75. The molecule has 2 nitrogen and oxygen atoms in total. The number of Topliss-reactive ketones (excluding diaryl/α,β-unsaturated/α-hetero) is 1. The molecule has 2 heteroatoms. The van der Waals surface area contributed by atoms with E-state index in [1.807, 2.05) is 0 Å². The minimum absolute atomic E-state index is 0.249. The number of piperidine rings is 1. The van der Waals surface area contributed by atoms with Crippen LogP contribution in [0.5, 0.6) is 0 Å². The smallest absolute Gasteiger partial charge is 0.166 e. The third-order valence-electron chi connectivity index (χ3n) is 4.90. The normalized spacial score (nSPS) is 23.7. The Kier molecular flexibility index (Phi) is 3.44. The Morgan fingerprint density at radius 1 is 1.16 bits per heavy atom. The largest absolute Gasteiger partial charge is 0.317 e. The van der Waals surface area contributed by atoms with Crippen LogP contribution in [0.2, 0.25) is 0 Å². The fraction of sp³-hybridized carbons (Fsp3) is 0.588. The lowest BCUT2D eigenvalue weighted by molar-refractivity contribution is 0.0913. The molecule has 102 valence electrons. The van der Waals surface area contributed by atoms with E-state index < -0.39 is 0 Å². The van der Waals surface area contributed by atoms with Gasteiger partial charge >= 0.3 is 0 Å². The molecule has 1 saturated heterocycles. The highest BCUT2D eigenvalue weighted by Gasteiger charge is 2.32. The van der Waals surface area contributed by atoms with Crippen molar-refractivity contribution in [2.24, 2.45) is 11.8 Å². The van der Waals surface area contributed by atoms with Gasteiger partial charge in [0, 0.05) is 11.5 Å². The number of ketones is 1. The molecule has 0 saturated carbocycles. The van der Waals surface area contributed by atoms with Gasteiger partial charge in [-0.25, -0.2) is 0 Å². The highest BCUT2D eigenvalue weighted by molar-refractivity contribution is 6.02. The number of benzene rings is 1. The number of aryl methyl sites for hydroxylation is 2. The van der Waals surface area contributed by atoms with Crippen LogP contribution in [0.1, 0.15) is 46.3 Å². The van der Waals surface area contributed by atoms with Gasteiger partial charge in [0.05, 0.1) is 0 Å². The second-order valence-electron chi connectivity index (χ2n) is 6.29. The summed E-state index contributed by atoms with van der Waals surface area (Å²) in [6, 6.07) is 4.33. The molecule has 2 aliphatic rings. The minimum atomic E-state index is 0.249. The predicted octanol–water partition coefficient (Wildman–Crippen LogP) is 3.05. The van der Waals surface area contributed by atoms with Gasteiger partial charge in [-0.3, -0.25) is 4.79 Å². The predicted molar refractivity (Wildman–Crippen MR) is 77.7 cm³/mol. The fourth-order valence-corrected chi connectivity index (χ4v) is 3.56. The van der Waals surface area contributed by atoms with Crippen molar-refractivity contribution >= 4 is 5.78 Å². The van der Waals surface area contributed by atoms with Crippen molar-refractivity contribution in [3.05, 3.63) is 34.4 Å². The monoisotopic (exact) mass is 257 g/mol. The van der Waals surface area contributed by atoms with Gasteiger partial charge in [-0.05, 0) is 81.3 Å². The molecule has 1 heterocycles. The number of fused-ring (bicyclic) bond motifs is 1. The van der Waals surface area contributed by atoms with Crippen molar-refractivity contribution in [3.8, 4) is 0 Å². The molecule has 1 aliphatic carbocycles. The third-order valence-corrected chi connectivity index (χ3v) is 4.90. The molecule has 1 fully saturated rings. The van der Waals surface area contributed by atoms with Gasteiger partial charge in [0.2, 0.25) is 0 Å². The van der Waals surface area contributed by atoms with E-state index in [2.05, 4.69) is 31.3 Å². The second kappa shape index (κ2) is 5.09. The maximum Gasteiger partial charge on any atom is 0.166 e. The number of hydrogen-bond acceptors (Lipinski definition) is 2. The third kappa shape index (κ3) is 2.46. The molecule has 1 atom stereocenters. The van der Waals surface area contributed by atoms with Crippen LogP contribution in [-0.2, 0) is 6.42 Å². The summed E-state index contributed by atoms with van der Waals surface area (Å²) in [5.41, 5.74) is 4.85. The van der Waals surface area contributed by atoms with E-state index in [0.29, 0.717) is 5.78 Å². The van der Waals surface area contributed by atoms with Gasteiger partial charge in [0.25, 0.3) is 0 Å². The van der Waals surface area contributed by atoms with Crippen LogP contribution in [0.4, 0.5) is 0 Å². The zero-order chi connectivity index (χ0) is 13.4. The van der Waals surface area contributed by atoms with Gasteiger partial charge in [-0.2, -0.15) is 0 Å². The Labute approximate surface area is 115 Å². The molecule has 1 N–H and O–H groups in total. The van der Waals surface area contributed by atoms with Crippen LogP contribution in [0.25, 0.3) is 0 Å². The maximum absolute atomic E-state index is 12.5. The van der Waals surface area contributed by atoms with Crippen molar-refractivity contribution < 1.29 is 4.79 Å². The van der Waals surface area contributed by atoms with Crippen LogP contribution >= 0.6 is 0 Å². The first-order chi connectivity index (χ1) is 9.15. The standard InChI is InChI=1S/C17H23NO/c1-11-7-14-10-15(9-13-3-5-18-6-4-13)17(19)16(14)8-12(11)2/h7-8,13,15,18H,3-6,9-10H2,1-2H3. The van der Waals surface area contributed by atoms with Gasteiger partial charge in [-0.1, -0.05) is 6.07 Å². The molecule has 19 heavy (non-hydrogen) atoms. The molecule has 1 aromatic rings. The second-order valence-corrected chi connectivity index (χ2v) is 6.29. The Bertz CT molecular complexity index is 500. The van der Waals surface area contributed by atoms with E-state index in [0.717, 1.165) is 37.4 Å². The molecular formula is C17H23NO. The molecule has 1 aliphatic heterocycles. The summed E-state index contributed by atoms with van der Waals surface area (Å²) in [7, 11) is 0.